The first-order valence-electron chi connectivity index (χ1n) is 6.20. The Balaban J connectivity index is 2.01. The number of hydrogen-bond acceptors (Lipinski definition) is 2. The Morgan fingerprint density at radius 2 is 2.06 bits per heavy atom. The minimum absolute atomic E-state index is 0.462. The summed E-state index contributed by atoms with van der Waals surface area (Å²) < 4.78 is 0. The summed E-state index contributed by atoms with van der Waals surface area (Å²) in [5.41, 5.74) is 0.304. The minimum atomic E-state index is -0.712. The molecule has 1 saturated heterocycles. The van der Waals surface area contributed by atoms with Gasteiger partial charge in [-0.05, 0) is 38.3 Å². The summed E-state index contributed by atoms with van der Waals surface area (Å²) in [7, 11) is 0. The second-order valence-corrected chi connectivity index (χ2v) is 4.99. The summed E-state index contributed by atoms with van der Waals surface area (Å²) >= 11 is 0. The second-order valence-electron chi connectivity index (χ2n) is 4.99. The fourth-order valence-corrected chi connectivity index (χ4v) is 2.49. The molecule has 2 atom stereocenters. The Morgan fingerprint density at radius 3 is 2.69 bits per heavy atom. The van der Waals surface area contributed by atoms with E-state index in [1.54, 1.807) is 0 Å². The van der Waals surface area contributed by atoms with Crippen LogP contribution in [0.3, 0.4) is 0 Å². The van der Waals surface area contributed by atoms with Gasteiger partial charge in [-0.3, -0.25) is 0 Å². The van der Waals surface area contributed by atoms with Gasteiger partial charge in [-0.15, -0.1) is 0 Å². The predicted molar refractivity (Wildman–Crippen MR) is 66.3 cm³/mol. The number of piperidine rings is 1. The van der Waals surface area contributed by atoms with Crippen LogP contribution in [-0.2, 0) is 5.60 Å². The topological polar surface area (TPSA) is 32.3 Å². The van der Waals surface area contributed by atoms with Gasteiger partial charge in [0.15, 0.2) is 0 Å². The lowest BCUT2D eigenvalue weighted by Crippen LogP contribution is -2.39. The first kappa shape index (κ1) is 11.6. The summed E-state index contributed by atoms with van der Waals surface area (Å²) in [6, 6.07) is 10.4. The van der Waals surface area contributed by atoms with Crippen LogP contribution in [0.1, 0.15) is 38.2 Å². The van der Waals surface area contributed by atoms with Crippen molar-refractivity contribution in [2.45, 2.75) is 44.2 Å². The molecule has 1 aliphatic heterocycles. The van der Waals surface area contributed by atoms with E-state index in [0.717, 1.165) is 18.5 Å². The molecular formula is C14H21NO. The zero-order chi connectivity index (χ0) is 11.4. The average molecular weight is 219 g/mol. The molecule has 1 aliphatic rings. The predicted octanol–water partition coefficient (Wildman–Crippen LogP) is 2.43. The summed E-state index contributed by atoms with van der Waals surface area (Å²) in [5, 5.41) is 14.0. The van der Waals surface area contributed by atoms with E-state index in [1.165, 1.54) is 19.3 Å². The van der Waals surface area contributed by atoms with Crippen LogP contribution in [0.15, 0.2) is 30.3 Å². The van der Waals surface area contributed by atoms with Gasteiger partial charge >= 0.3 is 0 Å². The number of rotatable bonds is 3. The van der Waals surface area contributed by atoms with E-state index in [2.05, 4.69) is 5.32 Å². The second kappa shape index (κ2) is 4.98. The van der Waals surface area contributed by atoms with Crippen LogP contribution in [0.4, 0.5) is 0 Å². The van der Waals surface area contributed by atoms with E-state index in [9.17, 15) is 5.11 Å². The molecule has 2 nitrogen and oxygen atoms in total. The summed E-state index contributed by atoms with van der Waals surface area (Å²) in [5.74, 6) is 0. The monoisotopic (exact) mass is 219 g/mol. The van der Waals surface area contributed by atoms with Crippen LogP contribution in [0, 0.1) is 0 Å². The van der Waals surface area contributed by atoms with Crippen molar-refractivity contribution in [1.82, 2.24) is 5.32 Å². The Bertz CT molecular complexity index is 315. The molecule has 0 spiro atoms. The SMILES string of the molecule is C[C@](O)(C[C@@H]1CCCCN1)c1ccccc1. The molecule has 0 bridgehead atoms. The summed E-state index contributed by atoms with van der Waals surface area (Å²) in [6.07, 6.45) is 4.53. The van der Waals surface area contributed by atoms with Gasteiger partial charge in [0.1, 0.15) is 0 Å². The van der Waals surface area contributed by atoms with Gasteiger partial charge in [-0.1, -0.05) is 36.8 Å². The van der Waals surface area contributed by atoms with Gasteiger partial charge in [0, 0.05) is 6.04 Å². The highest BCUT2D eigenvalue weighted by Gasteiger charge is 2.27. The van der Waals surface area contributed by atoms with E-state index >= 15 is 0 Å². The van der Waals surface area contributed by atoms with Gasteiger partial charge in [0.25, 0.3) is 0 Å². The first-order chi connectivity index (χ1) is 7.68. The quantitative estimate of drug-likeness (QED) is 0.818. The Hall–Kier alpha value is -0.860. The van der Waals surface area contributed by atoms with E-state index in [1.807, 2.05) is 37.3 Å². The van der Waals surface area contributed by atoms with Crippen molar-refractivity contribution in [2.24, 2.45) is 0 Å². The number of nitrogens with one attached hydrogen (secondary N) is 1. The van der Waals surface area contributed by atoms with Crippen molar-refractivity contribution < 1.29 is 5.11 Å². The molecule has 2 N–H and O–H groups in total. The van der Waals surface area contributed by atoms with E-state index < -0.39 is 5.60 Å². The maximum absolute atomic E-state index is 10.5. The first-order valence-corrected chi connectivity index (χ1v) is 6.20. The largest absolute Gasteiger partial charge is 0.385 e. The van der Waals surface area contributed by atoms with Crippen LogP contribution < -0.4 is 5.32 Å². The van der Waals surface area contributed by atoms with Crippen LogP contribution in [0.25, 0.3) is 0 Å². The van der Waals surface area contributed by atoms with E-state index in [-0.39, 0.29) is 0 Å². The molecule has 2 heteroatoms. The standard InChI is InChI=1S/C14H21NO/c1-14(16,12-7-3-2-4-8-12)11-13-9-5-6-10-15-13/h2-4,7-8,13,15-16H,5-6,9-11H2,1H3/t13-,14-/m0/s1. The van der Waals surface area contributed by atoms with Gasteiger partial charge in [-0.2, -0.15) is 0 Å². The molecule has 1 fully saturated rings. The normalized spacial score (nSPS) is 25.0. The number of hydrogen-bond donors (Lipinski definition) is 2. The highest BCUT2D eigenvalue weighted by Crippen LogP contribution is 2.27. The van der Waals surface area contributed by atoms with Crippen molar-refractivity contribution in [3.8, 4) is 0 Å². The van der Waals surface area contributed by atoms with E-state index in [4.69, 9.17) is 0 Å². The molecule has 0 amide bonds. The highest BCUT2D eigenvalue weighted by atomic mass is 16.3. The van der Waals surface area contributed by atoms with Crippen LogP contribution in [-0.4, -0.2) is 17.7 Å². The molecular weight excluding hydrogens is 198 g/mol. The smallest absolute Gasteiger partial charge is 0.0883 e. The number of benzene rings is 1. The van der Waals surface area contributed by atoms with Crippen molar-refractivity contribution in [2.75, 3.05) is 6.54 Å². The zero-order valence-corrected chi connectivity index (χ0v) is 9.95. The molecule has 2 rings (SSSR count). The lowest BCUT2D eigenvalue weighted by molar-refractivity contribution is 0.0332. The van der Waals surface area contributed by atoms with Crippen molar-refractivity contribution in [3.05, 3.63) is 35.9 Å². The molecule has 1 aromatic rings. The lowest BCUT2D eigenvalue weighted by atomic mass is 9.86. The minimum Gasteiger partial charge on any atom is -0.385 e. The molecule has 1 aromatic carbocycles. The molecule has 0 radical (unpaired) electrons. The van der Waals surface area contributed by atoms with Gasteiger partial charge in [-0.25, -0.2) is 0 Å². The van der Waals surface area contributed by atoms with Crippen LogP contribution in [0.5, 0.6) is 0 Å². The zero-order valence-electron chi connectivity index (χ0n) is 9.95. The number of aliphatic hydroxyl groups is 1. The third kappa shape index (κ3) is 2.83. The van der Waals surface area contributed by atoms with Crippen molar-refractivity contribution >= 4 is 0 Å². The molecule has 16 heavy (non-hydrogen) atoms. The summed E-state index contributed by atoms with van der Waals surface area (Å²) in [4.78, 5) is 0. The van der Waals surface area contributed by atoms with Crippen LogP contribution >= 0.6 is 0 Å². The fourth-order valence-electron chi connectivity index (χ4n) is 2.49. The highest BCUT2D eigenvalue weighted by molar-refractivity contribution is 5.21. The third-order valence-corrected chi connectivity index (χ3v) is 3.45. The van der Waals surface area contributed by atoms with Gasteiger partial charge in [0.2, 0.25) is 0 Å². The summed E-state index contributed by atoms with van der Waals surface area (Å²) in [6.45, 7) is 3.01. The lowest BCUT2D eigenvalue weighted by Gasteiger charge is -2.31. The Morgan fingerprint density at radius 1 is 1.31 bits per heavy atom. The molecule has 0 aromatic heterocycles. The third-order valence-electron chi connectivity index (χ3n) is 3.45. The molecule has 0 aliphatic carbocycles. The fraction of sp³-hybridized carbons (Fsp3) is 0.571. The van der Waals surface area contributed by atoms with Crippen molar-refractivity contribution in [3.63, 3.8) is 0 Å². The van der Waals surface area contributed by atoms with Gasteiger partial charge < -0.3 is 10.4 Å². The maximum atomic E-state index is 10.5. The Kier molecular flexibility index (Phi) is 3.62. The van der Waals surface area contributed by atoms with Crippen molar-refractivity contribution in [1.29, 1.82) is 0 Å². The van der Waals surface area contributed by atoms with Gasteiger partial charge in [0.05, 0.1) is 5.60 Å². The van der Waals surface area contributed by atoms with E-state index in [0.29, 0.717) is 6.04 Å². The molecule has 88 valence electrons. The van der Waals surface area contributed by atoms with Crippen LogP contribution in [0.2, 0.25) is 0 Å². The average Bonchev–Trinajstić information content (AvgIpc) is 2.31. The molecule has 0 unspecified atom stereocenters. The Labute approximate surface area is 97.7 Å². The maximum Gasteiger partial charge on any atom is 0.0883 e. The molecule has 0 saturated carbocycles. The molecule has 1 heterocycles.